The Morgan fingerprint density at radius 2 is 2.04 bits per heavy atom. The molecule has 0 saturated carbocycles. The number of aromatic nitrogens is 1. The largest absolute Gasteiger partial charge is 0.350 e. The molecule has 0 spiro atoms. The topological polar surface area (TPSA) is 48.1 Å². The molecule has 2 N–H and O–H groups in total. The highest BCUT2D eigenvalue weighted by atomic mass is 35.5. The first-order valence-electron chi connectivity index (χ1n) is 7.62. The zero-order valence-corrected chi connectivity index (χ0v) is 13.3. The van der Waals surface area contributed by atoms with E-state index >= 15 is 0 Å². The number of benzene rings is 1. The number of piperidine rings is 1. The Kier molecular flexibility index (Phi) is 4.29. The van der Waals surface area contributed by atoms with Crippen molar-refractivity contribution in [2.45, 2.75) is 18.9 Å². The molecular formula is C16H18ClF2N3O. The van der Waals surface area contributed by atoms with Crippen LogP contribution in [0.3, 0.4) is 0 Å². The van der Waals surface area contributed by atoms with Gasteiger partial charge in [0.1, 0.15) is 17.3 Å². The quantitative estimate of drug-likeness (QED) is 0.838. The summed E-state index contributed by atoms with van der Waals surface area (Å²) in [5, 5.41) is 3.70. The number of nitrogens with zero attached hydrogens (tertiary/aromatic N) is 1. The molecule has 4 rings (SSSR count). The summed E-state index contributed by atoms with van der Waals surface area (Å²) in [5.41, 5.74) is 0.633. The molecular weight excluding hydrogens is 324 g/mol. The van der Waals surface area contributed by atoms with E-state index in [0.29, 0.717) is 29.7 Å². The van der Waals surface area contributed by atoms with Gasteiger partial charge in [0.25, 0.3) is 5.91 Å². The normalized spacial score (nSPS) is 23.7. The van der Waals surface area contributed by atoms with Crippen LogP contribution in [0.1, 0.15) is 23.3 Å². The van der Waals surface area contributed by atoms with Gasteiger partial charge in [0, 0.05) is 30.6 Å². The molecule has 0 bridgehead atoms. The van der Waals surface area contributed by atoms with Gasteiger partial charge in [0.15, 0.2) is 0 Å². The summed E-state index contributed by atoms with van der Waals surface area (Å²) in [6.45, 7) is 2.40. The third kappa shape index (κ3) is 2.81. The number of carbonyl (C=O) groups excluding carboxylic acids is 1. The third-order valence-electron chi connectivity index (χ3n) is 4.77. The molecule has 1 aromatic heterocycles. The molecule has 0 unspecified atom stereocenters. The van der Waals surface area contributed by atoms with E-state index in [0.717, 1.165) is 32.0 Å². The maximum atomic E-state index is 13.7. The van der Waals surface area contributed by atoms with Gasteiger partial charge in [-0.05, 0) is 37.4 Å². The van der Waals surface area contributed by atoms with E-state index in [1.54, 1.807) is 4.90 Å². The van der Waals surface area contributed by atoms with Crippen molar-refractivity contribution >= 4 is 29.2 Å². The van der Waals surface area contributed by atoms with Gasteiger partial charge in [0.2, 0.25) is 0 Å². The molecule has 1 amide bonds. The summed E-state index contributed by atoms with van der Waals surface area (Å²) >= 11 is 0. The first-order chi connectivity index (χ1) is 10.6. The molecule has 2 fully saturated rings. The van der Waals surface area contributed by atoms with E-state index in [4.69, 9.17) is 0 Å². The number of hydrogen-bond donors (Lipinski definition) is 2. The van der Waals surface area contributed by atoms with Crippen LogP contribution in [0.4, 0.5) is 8.78 Å². The molecule has 7 heteroatoms. The average molecular weight is 342 g/mol. The van der Waals surface area contributed by atoms with Crippen LogP contribution in [0.2, 0.25) is 0 Å². The minimum absolute atomic E-state index is 0. The Bertz CT molecular complexity index is 734. The van der Waals surface area contributed by atoms with Gasteiger partial charge >= 0.3 is 0 Å². The summed E-state index contributed by atoms with van der Waals surface area (Å²) in [7, 11) is 0. The lowest BCUT2D eigenvalue weighted by Gasteiger charge is -2.24. The maximum absolute atomic E-state index is 13.7. The Hall–Kier alpha value is -1.66. The van der Waals surface area contributed by atoms with Crippen molar-refractivity contribution in [1.82, 2.24) is 15.2 Å². The van der Waals surface area contributed by atoms with E-state index in [2.05, 4.69) is 10.3 Å². The second-order valence-corrected chi connectivity index (χ2v) is 6.20. The summed E-state index contributed by atoms with van der Waals surface area (Å²) < 4.78 is 27.0. The van der Waals surface area contributed by atoms with Crippen LogP contribution in [0.25, 0.3) is 10.9 Å². The molecule has 2 saturated heterocycles. The lowest BCUT2D eigenvalue weighted by Crippen LogP contribution is -2.41. The molecule has 3 heterocycles. The molecule has 2 aliphatic rings. The van der Waals surface area contributed by atoms with E-state index in [1.165, 1.54) is 12.1 Å². The molecule has 4 nitrogen and oxygen atoms in total. The zero-order chi connectivity index (χ0) is 15.3. The van der Waals surface area contributed by atoms with Crippen molar-refractivity contribution in [3.63, 3.8) is 0 Å². The number of hydrogen-bond acceptors (Lipinski definition) is 2. The van der Waals surface area contributed by atoms with Crippen molar-refractivity contribution in [2.75, 3.05) is 19.6 Å². The Morgan fingerprint density at radius 3 is 2.83 bits per heavy atom. The Labute approximate surface area is 138 Å². The number of halogens is 3. The van der Waals surface area contributed by atoms with E-state index < -0.39 is 11.6 Å². The van der Waals surface area contributed by atoms with Gasteiger partial charge in [-0.3, -0.25) is 4.79 Å². The summed E-state index contributed by atoms with van der Waals surface area (Å²) in [6.07, 6.45) is 2.27. The van der Waals surface area contributed by atoms with Gasteiger partial charge in [0.05, 0.1) is 5.52 Å². The summed E-state index contributed by atoms with van der Waals surface area (Å²) in [5.74, 6) is -0.951. The highest BCUT2D eigenvalue weighted by molar-refractivity contribution is 5.98. The van der Waals surface area contributed by atoms with Crippen molar-refractivity contribution < 1.29 is 13.6 Å². The van der Waals surface area contributed by atoms with Crippen LogP contribution < -0.4 is 5.32 Å². The molecule has 2 aromatic rings. The molecule has 1 aromatic carbocycles. The Morgan fingerprint density at radius 1 is 1.22 bits per heavy atom. The molecule has 0 aliphatic carbocycles. The van der Waals surface area contributed by atoms with Crippen molar-refractivity contribution in [1.29, 1.82) is 0 Å². The number of likely N-dealkylation sites (tertiary alicyclic amines) is 1. The number of rotatable bonds is 1. The first-order valence-corrected chi connectivity index (χ1v) is 7.62. The number of fused-ring (bicyclic) bond motifs is 2. The second-order valence-electron chi connectivity index (χ2n) is 6.20. The molecule has 2 atom stereocenters. The van der Waals surface area contributed by atoms with Crippen LogP contribution in [-0.2, 0) is 0 Å². The van der Waals surface area contributed by atoms with Crippen molar-refractivity contribution in [3.05, 3.63) is 35.5 Å². The molecule has 2 aliphatic heterocycles. The van der Waals surface area contributed by atoms with Gasteiger partial charge in [-0.2, -0.15) is 0 Å². The fourth-order valence-electron chi connectivity index (χ4n) is 3.66. The van der Waals surface area contributed by atoms with Crippen LogP contribution in [-0.4, -0.2) is 41.5 Å². The van der Waals surface area contributed by atoms with E-state index in [-0.39, 0.29) is 23.7 Å². The number of H-pyrrole nitrogens is 1. The number of carbonyl (C=O) groups is 1. The standard InChI is InChI=1S/C16H17F2N3O.ClH/c17-10-4-12(18)11-6-14(20-13(11)5-10)16(22)21-7-9-2-1-3-19-15(9)8-21;/h4-6,9,15,19-20H,1-3,7-8H2;1H/t9-,15+;/m1./s1. The van der Waals surface area contributed by atoms with E-state index in [9.17, 15) is 13.6 Å². The van der Waals surface area contributed by atoms with Gasteiger partial charge in [-0.1, -0.05) is 0 Å². The van der Waals surface area contributed by atoms with Crippen LogP contribution in [0, 0.1) is 17.6 Å². The summed E-state index contributed by atoms with van der Waals surface area (Å²) in [6, 6.07) is 3.87. The zero-order valence-electron chi connectivity index (χ0n) is 12.4. The number of amides is 1. The fourth-order valence-corrected chi connectivity index (χ4v) is 3.66. The second kappa shape index (κ2) is 6.09. The smallest absolute Gasteiger partial charge is 0.270 e. The lowest BCUT2D eigenvalue weighted by atomic mass is 9.94. The van der Waals surface area contributed by atoms with Gasteiger partial charge in [-0.25, -0.2) is 8.78 Å². The first kappa shape index (κ1) is 16.2. The number of nitrogens with one attached hydrogen (secondary N) is 2. The van der Waals surface area contributed by atoms with Crippen LogP contribution in [0.5, 0.6) is 0 Å². The van der Waals surface area contributed by atoms with Crippen LogP contribution in [0.15, 0.2) is 18.2 Å². The molecule has 0 radical (unpaired) electrons. The predicted molar refractivity (Wildman–Crippen MR) is 85.9 cm³/mol. The SMILES string of the molecule is Cl.O=C(c1cc2c(F)cc(F)cc2[nH]1)N1C[C@H]2CCCN[C@H]2C1. The number of aromatic amines is 1. The van der Waals surface area contributed by atoms with Crippen LogP contribution >= 0.6 is 12.4 Å². The van der Waals surface area contributed by atoms with Crippen molar-refractivity contribution in [2.24, 2.45) is 5.92 Å². The summed E-state index contributed by atoms with van der Waals surface area (Å²) in [4.78, 5) is 17.2. The fraction of sp³-hybridized carbons (Fsp3) is 0.438. The maximum Gasteiger partial charge on any atom is 0.270 e. The predicted octanol–water partition coefficient (Wildman–Crippen LogP) is 2.69. The van der Waals surface area contributed by atoms with E-state index in [1.807, 2.05) is 0 Å². The minimum Gasteiger partial charge on any atom is -0.350 e. The Balaban J connectivity index is 0.00000156. The monoisotopic (exact) mass is 341 g/mol. The molecule has 23 heavy (non-hydrogen) atoms. The highest BCUT2D eigenvalue weighted by Crippen LogP contribution is 2.27. The van der Waals surface area contributed by atoms with Gasteiger partial charge in [-0.15, -0.1) is 12.4 Å². The molecule has 124 valence electrons. The third-order valence-corrected chi connectivity index (χ3v) is 4.77. The van der Waals surface area contributed by atoms with Gasteiger partial charge < -0.3 is 15.2 Å². The lowest BCUT2D eigenvalue weighted by molar-refractivity contribution is 0.0781. The minimum atomic E-state index is -0.651. The van der Waals surface area contributed by atoms with Crippen molar-refractivity contribution in [3.8, 4) is 0 Å². The average Bonchev–Trinajstić information content (AvgIpc) is 3.09. The highest BCUT2D eigenvalue weighted by Gasteiger charge is 2.37.